The molecule has 1 heterocycles. The van der Waals surface area contributed by atoms with Crippen molar-refractivity contribution in [1.82, 2.24) is 4.90 Å². The largest absolute Gasteiger partial charge is 0.484 e. The number of nitrogens with two attached hydrogens (primary N) is 1. The number of carbonyl (C=O) groups is 1. The van der Waals surface area contributed by atoms with Gasteiger partial charge in [0.2, 0.25) is 0 Å². The van der Waals surface area contributed by atoms with Crippen LogP contribution >= 0.6 is 24.0 Å². The van der Waals surface area contributed by atoms with Gasteiger partial charge in [-0.1, -0.05) is 17.7 Å². The first-order valence-corrected chi connectivity index (χ1v) is 6.93. The number of hydrogen-bond acceptors (Lipinski definition) is 3. The van der Waals surface area contributed by atoms with Gasteiger partial charge in [-0.2, -0.15) is 0 Å². The molecule has 0 aromatic heterocycles. The summed E-state index contributed by atoms with van der Waals surface area (Å²) in [4.78, 5) is 13.9. The predicted molar refractivity (Wildman–Crippen MR) is 82.6 cm³/mol. The molecule has 4 nitrogen and oxygen atoms in total. The van der Waals surface area contributed by atoms with E-state index in [0.29, 0.717) is 23.2 Å². The minimum atomic E-state index is 0. The topological polar surface area (TPSA) is 55.6 Å². The third-order valence-corrected chi connectivity index (χ3v) is 3.60. The molecule has 1 aliphatic rings. The van der Waals surface area contributed by atoms with Gasteiger partial charge in [0.1, 0.15) is 5.75 Å². The first-order valence-electron chi connectivity index (χ1n) is 6.55. The number of carbonyl (C=O) groups excluding carboxylic acids is 1. The van der Waals surface area contributed by atoms with Crippen LogP contribution in [0.5, 0.6) is 5.75 Å². The van der Waals surface area contributed by atoms with Crippen LogP contribution in [0.4, 0.5) is 0 Å². The Labute approximate surface area is 130 Å². The van der Waals surface area contributed by atoms with Crippen LogP contribution in [0.15, 0.2) is 24.3 Å². The van der Waals surface area contributed by atoms with Gasteiger partial charge in [-0.3, -0.25) is 4.79 Å². The number of benzene rings is 1. The molecule has 2 rings (SSSR count). The third kappa shape index (κ3) is 4.85. The molecule has 6 heteroatoms. The van der Waals surface area contributed by atoms with Crippen LogP contribution in [0.25, 0.3) is 0 Å². The molecule has 1 atom stereocenters. The summed E-state index contributed by atoms with van der Waals surface area (Å²) in [6, 6.07) is 7.06. The van der Waals surface area contributed by atoms with Crippen LogP contribution in [-0.4, -0.2) is 37.0 Å². The van der Waals surface area contributed by atoms with Crippen LogP contribution < -0.4 is 10.5 Å². The summed E-state index contributed by atoms with van der Waals surface area (Å²) in [6.45, 7) is 2.24. The quantitative estimate of drug-likeness (QED) is 0.927. The maximum Gasteiger partial charge on any atom is 0.260 e. The van der Waals surface area contributed by atoms with E-state index >= 15 is 0 Å². The van der Waals surface area contributed by atoms with E-state index in [1.54, 1.807) is 24.3 Å². The molecule has 0 radical (unpaired) electrons. The second kappa shape index (κ2) is 8.35. The van der Waals surface area contributed by atoms with E-state index in [0.717, 1.165) is 25.9 Å². The van der Waals surface area contributed by atoms with Gasteiger partial charge in [0, 0.05) is 18.1 Å². The van der Waals surface area contributed by atoms with Crippen molar-refractivity contribution in [1.29, 1.82) is 0 Å². The number of likely N-dealkylation sites (tertiary alicyclic amines) is 1. The van der Waals surface area contributed by atoms with Crippen LogP contribution in [0, 0.1) is 5.92 Å². The van der Waals surface area contributed by atoms with Crippen molar-refractivity contribution in [3.05, 3.63) is 29.3 Å². The van der Waals surface area contributed by atoms with Crippen LogP contribution in [0.3, 0.4) is 0 Å². The van der Waals surface area contributed by atoms with E-state index in [9.17, 15) is 4.79 Å². The van der Waals surface area contributed by atoms with Crippen molar-refractivity contribution in [2.75, 3.05) is 26.2 Å². The highest BCUT2D eigenvalue weighted by Crippen LogP contribution is 2.18. The summed E-state index contributed by atoms with van der Waals surface area (Å²) < 4.78 is 5.46. The van der Waals surface area contributed by atoms with Crippen molar-refractivity contribution in [3.63, 3.8) is 0 Å². The van der Waals surface area contributed by atoms with E-state index in [1.807, 2.05) is 4.90 Å². The van der Waals surface area contributed by atoms with E-state index in [-0.39, 0.29) is 24.9 Å². The van der Waals surface area contributed by atoms with Crippen molar-refractivity contribution in [2.24, 2.45) is 11.7 Å². The van der Waals surface area contributed by atoms with Gasteiger partial charge in [-0.25, -0.2) is 0 Å². The Kier molecular flexibility index (Phi) is 7.13. The first kappa shape index (κ1) is 17.1. The molecule has 0 spiro atoms. The Bertz CT molecular complexity index is 443. The number of hydrogen-bond donors (Lipinski definition) is 1. The van der Waals surface area contributed by atoms with Crippen LogP contribution in [0.2, 0.25) is 5.02 Å². The molecule has 2 N–H and O–H groups in total. The highest BCUT2D eigenvalue weighted by molar-refractivity contribution is 6.30. The van der Waals surface area contributed by atoms with Gasteiger partial charge in [0.05, 0.1) is 0 Å². The summed E-state index contributed by atoms with van der Waals surface area (Å²) >= 11 is 5.86. The molecule has 0 aliphatic carbocycles. The Morgan fingerprint density at radius 2 is 2.30 bits per heavy atom. The van der Waals surface area contributed by atoms with Crippen molar-refractivity contribution in [2.45, 2.75) is 12.8 Å². The number of nitrogens with zero attached hydrogens (tertiary/aromatic N) is 1. The molecule has 1 aromatic rings. The lowest BCUT2D eigenvalue weighted by molar-refractivity contribution is -0.135. The average molecular weight is 319 g/mol. The summed E-state index contributed by atoms with van der Waals surface area (Å²) in [5.41, 5.74) is 5.66. The van der Waals surface area contributed by atoms with E-state index in [1.165, 1.54) is 0 Å². The number of halogens is 2. The number of amides is 1. The fraction of sp³-hybridized carbons (Fsp3) is 0.500. The average Bonchev–Trinajstić information content (AvgIpc) is 2.45. The number of piperidine rings is 1. The summed E-state index contributed by atoms with van der Waals surface area (Å²) in [7, 11) is 0. The van der Waals surface area contributed by atoms with Gasteiger partial charge >= 0.3 is 0 Å². The molecule has 0 bridgehead atoms. The minimum absolute atomic E-state index is 0. The lowest BCUT2D eigenvalue weighted by atomic mass is 9.98. The summed E-state index contributed by atoms with van der Waals surface area (Å²) in [6.07, 6.45) is 2.13. The lowest BCUT2D eigenvalue weighted by Gasteiger charge is -2.32. The Morgan fingerprint density at radius 1 is 1.50 bits per heavy atom. The number of rotatable bonds is 4. The van der Waals surface area contributed by atoms with Crippen LogP contribution in [-0.2, 0) is 4.79 Å². The molecular weight excluding hydrogens is 299 g/mol. The molecule has 1 saturated heterocycles. The zero-order chi connectivity index (χ0) is 13.7. The van der Waals surface area contributed by atoms with Crippen LogP contribution in [0.1, 0.15) is 12.8 Å². The van der Waals surface area contributed by atoms with Crippen molar-refractivity contribution >= 4 is 29.9 Å². The Hall–Kier alpha value is -0.970. The zero-order valence-electron chi connectivity index (χ0n) is 11.3. The standard InChI is InChI=1S/C14H19ClN2O2.ClH/c15-12-4-1-5-13(7-12)19-10-14(18)17-6-2-3-11(8-16)9-17;/h1,4-5,7,11H,2-3,6,8-10,16H2;1H. The predicted octanol–water partition coefficient (Wildman–Crippen LogP) is 2.34. The lowest BCUT2D eigenvalue weighted by Crippen LogP contribution is -2.44. The molecule has 112 valence electrons. The normalized spacial score (nSPS) is 18.3. The molecule has 1 aromatic carbocycles. The number of ether oxygens (including phenoxy) is 1. The molecule has 1 fully saturated rings. The molecule has 20 heavy (non-hydrogen) atoms. The Balaban J connectivity index is 0.00000200. The second-order valence-corrected chi connectivity index (χ2v) is 5.27. The molecule has 1 aliphatic heterocycles. The van der Waals surface area contributed by atoms with Crippen molar-refractivity contribution < 1.29 is 9.53 Å². The van der Waals surface area contributed by atoms with Gasteiger partial charge in [-0.05, 0) is 43.5 Å². The van der Waals surface area contributed by atoms with Gasteiger partial charge in [0.25, 0.3) is 5.91 Å². The molecule has 1 unspecified atom stereocenters. The maximum atomic E-state index is 12.0. The third-order valence-electron chi connectivity index (χ3n) is 3.36. The molecular formula is C14H20Cl2N2O2. The van der Waals surface area contributed by atoms with Gasteiger partial charge in [-0.15, -0.1) is 12.4 Å². The van der Waals surface area contributed by atoms with E-state index in [4.69, 9.17) is 22.1 Å². The van der Waals surface area contributed by atoms with Gasteiger partial charge < -0.3 is 15.4 Å². The summed E-state index contributed by atoms with van der Waals surface area (Å²) in [5.74, 6) is 1.05. The smallest absolute Gasteiger partial charge is 0.260 e. The van der Waals surface area contributed by atoms with Crippen molar-refractivity contribution in [3.8, 4) is 5.75 Å². The minimum Gasteiger partial charge on any atom is -0.484 e. The van der Waals surface area contributed by atoms with Gasteiger partial charge in [0.15, 0.2) is 6.61 Å². The molecule has 0 saturated carbocycles. The monoisotopic (exact) mass is 318 g/mol. The SMILES string of the molecule is Cl.NCC1CCCN(C(=O)COc2cccc(Cl)c2)C1. The van der Waals surface area contributed by atoms with E-state index < -0.39 is 0 Å². The molecule has 1 amide bonds. The Morgan fingerprint density at radius 3 is 3.00 bits per heavy atom. The zero-order valence-corrected chi connectivity index (χ0v) is 12.8. The fourth-order valence-corrected chi connectivity index (χ4v) is 2.46. The maximum absolute atomic E-state index is 12.0. The highest BCUT2D eigenvalue weighted by Gasteiger charge is 2.22. The van der Waals surface area contributed by atoms with E-state index in [2.05, 4.69) is 0 Å². The highest BCUT2D eigenvalue weighted by atomic mass is 35.5. The fourth-order valence-electron chi connectivity index (χ4n) is 2.28. The summed E-state index contributed by atoms with van der Waals surface area (Å²) in [5, 5.41) is 0.603. The first-order chi connectivity index (χ1) is 9.19. The second-order valence-electron chi connectivity index (χ2n) is 4.83.